The first-order valence-electron chi connectivity index (χ1n) is 8.65. The average molecular weight is 338 g/mol. The molecular weight excluding hydrogens is 312 g/mol. The van der Waals surface area contributed by atoms with E-state index in [2.05, 4.69) is 10.4 Å². The fourth-order valence-corrected chi connectivity index (χ4v) is 4.25. The van der Waals surface area contributed by atoms with Crippen LogP contribution in [0.3, 0.4) is 0 Å². The number of piperidine rings is 1. The molecule has 6 heteroatoms. The molecule has 1 aromatic rings. The van der Waals surface area contributed by atoms with Crippen molar-refractivity contribution >= 4 is 17.2 Å². The van der Waals surface area contributed by atoms with Crippen molar-refractivity contribution in [3.05, 3.63) is 16.1 Å². The lowest BCUT2D eigenvalue weighted by Gasteiger charge is -2.34. The number of likely N-dealkylation sites (tertiary alicyclic amines) is 1. The molecule has 3 heterocycles. The second-order valence-corrected chi connectivity index (χ2v) is 7.28. The van der Waals surface area contributed by atoms with Gasteiger partial charge in [0.15, 0.2) is 0 Å². The van der Waals surface area contributed by atoms with Crippen LogP contribution in [0.15, 0.2) is 5.38 Å². The van der Waals surface area contributed by atoms with Gasteiger partial charge in [0.1, 0.15) is 5.01 Å². The summed E-state index contributed by atoms with van der Waals surface area (Å²) in [5.41, 5.74) is 1.04. The fraction of sp³-hybridized carbons (Fsp3) is 0.765. The molecule has 0 aromatic carbocycles. The van der Waals surface area contributed by atoms with E-state index in [1.54, 1.807) is 11.3 Å². The van der Waals surface area contributed by atoms with Crippen LogP contribution in [0.1, 0.15) is 55.3 Å². The van der Waals surface area contributed by atoms with Crippen LogP contribution in [0, 0.1) is 6.92 Å². The first-order valence-corrected chi connectivity index (χ1v) is 9.53. The van der Waals surface area contributed by atoms with Gasteiger partial charge in [-0.05, 0) is 39.0 Å². The van der Waals surface area contributed by atoms with Crippen molar-refractivity contribution < 1.29 is 14.3 Å². The number of hydrogen-bond acceptors (Lipinski definition) is 5. The Hall–Kier alpha value is -0.980. The topological polar surface area (TPSA) is 51.7 Å². The lowest BCUT2D eigenvalue weighted by Crippen LogP contribution is -2.39. The van der Waals surface area contributed by atoms with E-state index in [0.29, 0.717) is 19.6 Å². The molecule has 128 valence electrons. The Labute approximate surface area is 142 Å². The monoisotopic (exact) mass is 338 g/mol. The van der Waals surface area contributed by atoms with Gasteiger partial charge < -0.3 is 14.4 Å². The Balaban J connectivity index is 1.48. The van der Waals surface area contributed by atoms with Crippen LogP contribution in [0.2, 0.25) is 0 Å². The fourth-order valence-electron chi connectivity index (χ4n) is 3.31. The molecule has 0 bridgehead atoms. The summed E-state index contributed by atoms with van der Waals surface area (Å²) in [7, 11) is 0. The van der Waals surface area contributed by atoms with Crippen molar-refractivity contribution in [3.8, 4) is 0 Å². The van der Waals surface area contributed by atoms with Crippen LogP contribution < -0.4 is 0 Å². The molecule has 23 heavy (non-hydrogen) atoms. The maximum Gasteiger partial charge on any atom is 0.225 e. The number of amides is 1. The van der Waals surface area contributed by atoms with Gasteiger partial charge in [-0.3, -0.25) is 4.79 Å². The molecule has 0 radical (unpaired) electrons. The molecule has 0 N–H and O–H groups in total. The number of aromatic nitrogens is 1. The number of rotatable bonds is 6. The van der Waals surface area contributed by atoms with Crippen molar-refractivity contribution in [3.63, 3.8) is 0 Å². The maximum absolute atomic E-state index is 12.6. The second-order valence-electron chi connectivity index (χ2n) is 6.39. The zero-order valence-corrected chi connectivity index (χ0v) is 14.6. The zero-order chi connectivity index (χ0) is 16.1. The highest BCUT2D eigenvalue weighted by atomic mass is 32.1. The van der Waals surface area contributed by atoms with Crippen molar-refractivity contribution in [1.82, 2.24) is 9.88 Å². The molecule has 0 unspecified atom stereocenters. The summed E-state index contributed by atoms with van der Waals surface area (Å²) in [4.78, 5) is 19.2. The van der Waals surface area contributed by atoms with E-state index < -0.39 is 0 Å². The Morgan fingerprint density at radius 3 is 3.09 bits per heavy atom. The molecule has 2 saturated heterocycles. The molecule has 2 fully saturated rings. The van der Waals surface area contributed by atoms with Crippen LogP contribution >= 0.6 is 11.3 Å². The SMILES string of the molecule is Cc1csc([C@H]2CCCCN2C(=O)CCOC[C@H]2CCCO2)n1. The summed E-state index contributed by atoms with van der Waals surface area (Å²) in [5.74, 6) is 0.190. The Morgan fingerprint density at radius 1 is 1.43 bits per heavy atom. The molecule has 2 aliphatic heterocycles. The van der Waals surface area contributed by atoms with Gasteiger partial charge in [-0.1, -0.05) is 0 Å². The molecule has 1 aromatic heterocycles. The van der Waals surface area contributed by atoms with Gasteiger partial charge in [0.05, 0.1) is 31.8 Å². The minimum absolute atomic E-state index is 0.160. The lowest BCUT2D eigenvalue weighted by molar-refractivity contribution is -0.136. The first-order chi connectivity index (χ1) is 11.2. The predicted molar refractivity (Wildman–Crippen MR) is 89.6 cm³/mol. The van der Waals surface area contributed by atoms with Gasteiger partial charge in [0, 0.05) is 24.2 Å². The Bertz CT molecular complexity index is 514. The number of carbonyl (C=O) groups is 1. The molecule has 2 aliphatic rings. The van der Waals surface area contributed by atoms with E-state index in [9.17, 15) is 4.79 Å². The van der Waals surface area contributed by atoms with Gasteiger partial charge >= 0.3 is 0 Å². The minimum Gasteiger partial charge on any atom is -0.378 e. The lowest BCUT2D eigenvalue weighted by atomic mass is 10.0. The van der Waals surface area contributed by atoms with Crippen LogP contribution in [0.4, 0.5) is 0 Å². The van der Waals surface area contributed by atoms with Gasteiger partial charge in [0.2, 0.25) is 5.91 Å². The van der Waals surface area contributed by atoms with Gasteiger partial charge in [-0.25, -0.2) is 4.98 Å². The predicted octanol–water partition coefficient (Wildman–Crippen LogP) is 3.09. The summed E-state index contributed by atoms with van der Waals surface area (Å²) in [6.07, 6.45) is 6.15. The Morgan fingerprint density at radius 2 is 2.35 bits per heavy atom. The second kappa shape index (κ2) is 8.22. The molecule has 0 spiro atoms. The van der Waals surface area contributed by atoms with Crippen molar-refractivity contribution in [1.29, 1.82) is 0 Å². The van der Waals surface area contributed by atoms with E-state index in [1.165, 1.54) is 6.42 Å². The average Bonchev–Trinajstić information content (AvgIpc) is 3.23. The number of thiazole rings is 1. The first kappa shape index (κ1) is 16.9. The van der Waals surface area contributed by atoms with Gasteiger partial charge in [0.25, 0.3) is 0 Å². The van der Waals surface area contributed by atoms with Gasteiger partial charge in [-0.2, -0.15) is 0 Å². The molecular formula is C17H26N2O3S. The summed E-state index contributed by atoms with van der Waals surface area (Å²) in [6.45, 7) is 4.79. The van der Waals surface area contributed by atoms with E-state index in [4.69, 9.17) is 9.47 Å². The minimum atomic E-state index is 0.160. The summed E-state index contributed by atoms with van der Waals surface area (Å²) >= 11 is 1.67. The molecule has 1 amide bonds. The van der Waals surface area contributed by atoms with E-state index in [-0.39, 0.29) is 18.1 Å². The third-order valence-corrected chi connectivity index (χ3v) is 5.60. The number of nitrogens with zero attached hydrogens (tertiary/aromatic N) is 2. The number of ether oxygens (including phenoxy) is 2. The highest BCUT2D eigenvalue weighted by Crippen LogP contribution is 2.33. The zero-order valence-electron chi connectivity index (χ0n) is 13.8. The van der Waals surface area contributed by atoms with Crippen LogP contribution in [0.5, 0.6) is 0 Å². The van der Waals surface area contributed by atoms with E-state index in [0.717, 1.165) is 49.5 Å². The molecule has 3 rings (SSSR count). The van der Waals surface area contributed by atoms with Crippen molar-refractivity contribution in [2.45, 2.75) is 57.6 Å². The number of hydrogen-bond donors (Lipinski definition) is 0. The summed E-state index contributed by atoms with van der Waals surface area (Å²) in [5, 5.41) is 3.15. The largest absolute Gasteiger partial charge is 0.378 e. The molecule has 0 aliphatic carbocycles. The highest BCUT2D eigenvalue weighted by Gasteiger charge is 2.29. The number of carbonyl (C=O) groups excluding carboxylic acids is 1. The normalized spacial score (nSPS) is 25.0. The third kappa shape index (κ3) is 4.52. The maximum atomic E-state index is 12.6. The molecule has 5 nitrogen and oxygen atoms in total. The smallest absolute Gasteiger partial charge is 0.225 e. The van der Waals surface area contributed by atoms with Gasteiger partial charge in [-0.15, -0.1) is 11.3 Å². The standard InChI is InChI=1S/C17H26N2O3S/c1-13-12-23-17(18-13)15-6-2-3-8-19(15)16(20)7-10-21-11-14-5-4-9-22-14/h12,14-15H,2-11H2,1H3/t14-,15-/m1/s1. The Kier molecular flexibility index (Phi) is 6.02. The van der Waals surface area contributed by atoms with Crippen molar-refractivity contribution in [2.75, 3.05) is 26.4 Å². The van der Waals surface area contributed by atoms with Crippen LogP contribution in [-0.2, 0) is 14.3 Å². The van der Waals surface area contributed by atoms with E-state index in [1.807, 2.05) is 11.8 Å². The quantitative estimate of drug-likeness (QED) is 0.748. The summed E-state index contributed by atoms with van der Waals surface area (Å²) < 4.78 is 11.2. The van der Waals surface area contributed by atoms with Crippen molar-refractivity contribution in [2.24, 2.45) is 0 Å². The van der Waals surface area contributed by atoms with Crippen LogP contribution in [-0.4, -0.2) is 48.3 Å². The van der Waals surface area contributed by atoms with E-state index >= 15 is 0 Å². The molecule has 0 saturated carbocycles. The molecule has 2 atom stereocenters. The third-order valence-electron chi connectivity index (χ3n) is 4.53. The number of aryl methyl sites for hydroxylation is 1. The summed E-state index contributed by atoms with van der Waals surface area (Å²) in [6, 6.07) is 0.160. The van der Waals surface area contributed by atoms with Crippen LogP contribution in [0.25, 0.3) is 0 Å². The highest BCUT2D eigenvalue weighted by molar-refractivity contribution is 7.09.